The van der Waals surface area contributed by atoms with Crippen molar-refractivity contribution in [2.75, 3.05) is 6.61 Å². The summed E-state index contributed by atoms with van der Waals surface area (Å²) < 4.78 is 8.77. The summed E-state index contributed by atoms with van der Waals surface area (Å²) in [5.41, 5.74) is 2.20. The van der Waals surface area contributed by atoms with Gasteiger partial charge in [-0.2, -0.15) is 0 Å². The summed E-state index contributed by atoms with van der Waals surface area (Å²) in [4.78, 5) is 35.6. The topological polar surface area (TPSA) is 78.0 Å². The Kier molecular flexibility index (Phi) is 5.53. The Morgan fingerprint density at radius 2 is 2.07 bits per heavy atom. The highest BCUT2D eigenvalue weighted by Gasteiger charge is 2.24. The van der Waals surface area contributed by atoms with Crippen LogP contribution in [0.4, 0.5) is 0 Å². The van der Waals surface area contributed by atoms with Crippen molar-refractivity contribution in [3.63, 3.8) is 0 Å². The first-order valence-corrected chi connectivity index (χ1v) is 10.4. The zero-order valence-corrected chi connectivity index (χ0v) is 17.4. The summed E-state index contributed by atoms with van der Waals surface area (Å²) >= 11 is 0. The van der Waals surface area contributed by atoms with Gasteiger partial charge in [0.05, 0.1) is 12.0 Å². The molecule has 1 aliphatic rings. The Bertz CT molecular complexity index is 1260. The maximum absolute atomic E-state index is 13.3. The van der Waals surface area contributed by atoms with Gasteiger partial charge in [-0.1, -0.05) is 31.9 Å². The number of esters is 1. The van der Waals surface area contributed by atoms with Crippen LogP contribution in [0.5, 0.6) is 0 Å². The molecular weight excluding hydrogens is 380 g/mol. The fourth-order valence-corrected chi connectivity index (χ4v) is 4.18. The van der Waals surface area contributed by atoms with E-state index in [-0.39, 0.29) is 23.8 Å². The molecule has 1 saturated carbocycles. The van der Waals surface area contributed by atoms with Crippen molar-refractivity contribution < 1.29 is 9.53 Å². The lowest BCUT2D eigenvalue weighted by molar-refractivity contribution is 0.0523. The zero-order chi connectivity index (χ0) is 21.3. The van der Waals surface area contributed by atoms with Crippen LogP contribution in [0.15, 0.2) is 52.5 Å². The number of ether oxygens (including phenoxy) is 1. The Morgan fingerprint density at radius 1 is 1.30 bits per heavy atom. The van der Waals surface area contributed by atoms with Crippen LogP contribution >= 0.6 is 0 Å². The normalized spacial score (nSPS) is 15.6. The molecule has 0 amide bonds. The summed E-state index contributed by atoms with van der Waals surface area (Å²) in [5, 5.41) is 0.382. The molecule has 0 atom stereocenters. The number of pyridine rings is 2. The van der Waals surface area contributed by atoms with Gasteiger partial charge in [0.15, 0.2) is 0 Å². The van der Waals surface area contributed by atoms with Gasteiger partial charge in [-0.15, -0.1) is 0 Å². The highest BCUT2D eigenvalue weighted by molar-refractivity contribution is 5.93. The minimum atomic E-state index is -0.499. The molecule has 0 radical (unpaired) electrons. The van der Waals surface area contributed by atoms with E-state index in [1.54, 1.807) is 38.2 Å². The molecule has 156 valence electrons. The second-order valence-electron chi connectivity index (χ2n) is 7.69. The van der Waals surface area contributed by atoms with Gasteiger partial charge in [0, 0.05) is 17.9 Å². The monoisotopic (exact) mass is 406 g/mol. The van der Waals surface area contributed by atoms with Gasteiger partial charge in [-0.25, -0.2) is 14.8 Å². The third-order valence-electron chi connectivity index (χ3n) is 5.47. The van der Waals surface area contributed by atoms with Crippen molar-refractivity contribution >= 4 is 22.6 Å². The van der Waals surface area contributed by atoms with E-state index in [9.17, 15) is 9.59 Å². The Labute approximate surface area is 174 Å². The lowest BCUT2D eigenvalue weighted by Gasteiger charge is -2.27. The number of carbonyl (C=O) groups is 1. The summed E-state index contributed by atoms with van der Waals surface area (Å²) in [6, 6.07) is 7.12. The van der Waals surface area contributed by atoms with Crippen molar-refractivity contribution in [3.05, 3.63) is 64.1 Å². The zero-order valence-electron chi connectivity index (χ0n) is 17.4. The average Bonchev–Trinajstić information content (AvgIpc) is 2.74. The van der Waals surface area contributed by atoms with E-state index in [4.69, 9.17) is 9.72 Å². The van der Waals surface area contributed by atoms with Gasteiger partial charge in [0.25, 0.3) is 5.56 Å². The van der Waals surface area contributed by atoms with Crippen LogP contribution in [0.3, 0.4) is 0 Å². The second kappa shape index (κ2) is 8.26. The molecule has 7 nitrogen and oxygen atoms in total. The van der Waals surface area contributed by atoms with E-state index < -0.39 is 5.97 Å². The van der Waals surface area contributed by atoms with Crippen molar-refractivity contribution in [2.45, 2.75) is 52.0 Å². The average molecular weight is 406 g/mol. The summed E-state index contributed by atoms with van der Waals surface area (Å²) in [5.74, 6) is -0.499. The third-order valence-corrected chi connectivity index (χ3v) is 5.47. The number of fused-ring (bicyclic) bond motifs is 2. The molecule has 0 unspecified atom stereocenters. The highest BCUT2D eigenvalue weighted by Crippen LogP contribution is 2.29. The quantitative estimate of drug-likeness (QED) is 0.488. The Hall–Kier alpha value is -3.22. The summed E-state index contributed by atoms with van der Waals surface area (Å²) in [6.45, 7) is 7.69. The van der Waals surface area contributed by atoms with Crippen molar-refractivity contribution in [3.8, 4) is 0 Å². The number of aromatic nitrogens is 3. The molecule has 0 saturated heterocycles. The van der Waals surface area contributed by atoms with Crippen LogP contribution in [0.2, 0.25) is 0 Å². The van der Waals surface area contributed by atoms with Crippen molar-refractivity contribution in [1.29, 1.82) is 0 Å². The smallest absolute Gasteiger partial charge is 0.341 e. The van der Waals surface area contributed by atoms with Gasteiger partial charge in [0.1, 0.15) is 22.3 Å². The standard InChI is InChI=1S/C23H26N4O3/c1-4-30-23(29)18-14-17-20(25-19-12-8-9-13-26(19)22(17)28)27(21(18)24-15(2)3)16-10-6-5-7-11-16/h8-9,12-14,16H,2,4-7,10-11H2,1,3H3/b24-21+. The molecule has 7 heteroatoms. The molecule has 1 aliphatic carbocycles. The predicted molar refractivity (Wildman–Crippen MR) is 115 cm³/mol. The number of nitrogens with zero attached hydrogens (tertiary/aromatic N) is 4. The van der Waals surface area contributed by atoms with Crippen LogP contribution in [-0.2, 0) is 4.74 Å². The number of allylic oxidation sites excluding steroid dienone is 1. The predicted octanol–water partition coefficient (Wildman–Crippen LogP) is 3.77. The van der Waals surface area contributed by atoms with E-state index in [1.807, 2.05) is 10.6 Å². The highest BCUT2D eigenvalue weighted by atomic mass is 16.5. The molecule has 0 bridgehead atoms. The molecule has 4 rings (SSSR count). The Morgan fingerprint density at radius 3 is 2.77 bits per heavy atom. The van der Waals surface area contributed by atoms with E-state index in [2.05, 4.69) is 11.6 Å². The molecule has 0 aliphatic heterocycles. The number of carbonyl (C=O) groups excluding carboxylic acids is 1. The van der Waals surface area contributed by atoms with Crippen molar-refractivity contribution in [2.24, 2.45) is 4.99 Å². The maximum atomic E-state index is 13.3. The van der Waals surface area contributed by atoms with Crippen LogP contribution in [0.25, 0.3) is 16.7 Å². The molecule has 3 heterocycles. The molecule has 3 aromatic rings. The molecule has 0 N–H and O–H groups in total. The van der Waals surface area contributed by atoms with E-state index in [1.165, 1.54) is 10.8 Å². The minimum absolute atomic E-state index is 0.104. The van der Waals surface area contributed by atoms with E-state index in [0.717, 1.165) is 25.7 Å². The minimum Gasteiger partial charge on any atom is -0.462 e. The molecule has 3 aromatic heterocycles. The van der Waals surface area contributed by atoms with E-state index >= 15 is 0 Å². The van der Waals surface area contributed by atoms with E-state index in [0.29, 0.717) is 27.9 Å². The van der Waals surface area contributed by atoms with Gasteiger partial charge < -0.3 is 9.30 Å². The number of hydrogen-bond acceptors (Lipinski definition) is 5. The molecule has 0 spiro atoms. The SMILES string of the molecule is C=C(C)/N=c1\c(C(=O)OCC)cc2c(=O)n3ccccc3nc2n1C1CCCCC1. The fourth-order valence-electron chi connectivity index (χ4n) is 4.18. The largest absolute Gasteiger partial charge is 0.462 e. The van der Waals surface area contributed by atoms with Crippen LogP contribution < -0.4 is 11.0 Å². The lowest BCUT2D eigenvalue weighted by Crippen LogP contribution is -2.35. The van der Waals surface area contributed by atoms with Gasteiger partial charge >= 0.3 is 5.97 Å². The first-order valence-electron chi connectivity index (χ1n) is 10.4. The molecule has 1 fully saturated rings. The molecular formula is C23H26N4O3. The van der Waals surface area contributed by atoms with Crippen LogP contribution in [0, 0.1) is 0 Å². The number of hydrogen-bond donors (Lipinski definition) is 0. The second-order valence-corrected chi connectivity index (χ2v) is 7.69. The fraction of sp³-hybridized carbons (Fsp3) is 0.391. The Balaban J connectivity index is 2.19. The van der Waals surface area contributed by atoms with Crippen LogP contribution in [0.1, 0.15) is 62.4 Å². The third kappa shape index (κ3) is 3.56. The number of rotatable bonds is 4. The summed E-state index contributed by atoms with van der Waals surface area (Å²) in [7, 11) is 0. The van der Waals surface area contributed by atoms with Gasteiger partial charge in [-0.3, -0.25) is 9.20 Å². The first-order chi connectivity index (χ1) is 14.5. The van der Waals surface area contributed by atoms with Gasteiger partial charge in [0.2, 0.25) is 0 Å². The molecule has 30 heavy (non-hydrogen) atoms. The van der Waals surface area contributed by atoms with Crippen LogP contribution in [-0.4, -0.2) is 26.5 Å². The lowest BCUT2D eigenvalue weighted by atomic mass is 9.94. The van der Waals surface area contributed by atoms with Crippen molar-refractivity contribution in [1.82, 2.24) is 14.0 Å². The maximum Gasteiger partial charge on any atom is 0.341 e. The summed E-state index contributed by atoms with van der Waals surface area (Å²) in [6.07, 6.45) is 6.93. The van der Waals surface area contributed by atoms with Gasteiger partial charge in [-0.05, 0) is 44.9 Å². The first kappa shape index (κ1) is 20.1. The molecule has 0 aromatic carbocycles.